The van der Waals surface area contributed by atoms with Crippen molar-refractivity contribution in [1.82, 2.24) is 5.32 Å². The molecule has 0 bridgehead atoms. The van der Waals surface area contributed by atoms with E-state index in [4.69, 9.17) is 9.47 Å². The molecule has 1 amide bonds. The van der Waals surface area contributed by atoms with Crippen molar-refractivity contribution < 1.29 is 19.1 Å². The van der Waals surface area contributed by atoms with Crippen LogP contribution >= 0.6 is 11.3 Å². The van der Waals surface area contributed by atoms with Crippen molar-refractivity contribution in [3.05, 3.63) is 88.1 Å². The number of hydrogen-bond acceptors (Lipinski definition) is 5. The Morgan fingerprint density at radius 3 is 2.47 bits per heavy atom. The molecule has 0 aliphatic carbocycles. The molecule has 3 rings (SSSR count). The van der Waals surface area contributed by atoms with Crippen LogP contribution in [0.3, 0.4) is 0 Å². The summed E-state index contributed by atoms with van der Waals surface area (Å²) in [5, 5.41) is 4.92. The molecule has 0 radical (unpaired) electrons. The molecule has 3 aromatic rings. The SMILES string of the molecule is Cc1ccc(OCCCC(=O)OCC(=O)N[C@H](c2ccccc2)c2cccs2)cc1. The second-order valence-corrected chi connectivity index (χ2v) is 7.83. The van der Waals surface area contributed by atoms with Crippen LogP contribution in [0.4, 0.5) is 0 Å². The number of esters is 1. The number of rotatable bonds is 10. The molecule has 1 aromatic heterocycles. The van der Waals surface area contributed by atoms with Crippen LogP contribution in [-0.4, -0.2) is 25.1 Å². The third-order valence-electron chi connectivity index (χ3n) is 4.45. The number of ether oxygens (including phenoxy) is 2. The number of aryl methyl sites for hydroxylation is 1. The molecule has 0 fully saturated rings. The summed E-state index contributed by atoms with van der Waals surface area (Å²) in [4.78, 5) is 25.3. The summed E-state index contributed by atoms with van der Waals surface area (Å²) in [5.41, 5.74) is 2.14. The molecule has 0 aliphatic heterocycles. The summed E-state index contributed by atoms with van der Waals surface area (Å²) in [6.45, 7) is 2.13. The summed E-state index contributed by atoms with van der Waals surface area (Å²) in [6.07, 6.45) is 0.725. The minimum atomic E-state index is -0.412. The molecule has 1 heterocycles. The Kier molecular flexibility index (Phi) is 8.03. The summed E-state index contributed by atoms with van der Waals surface area (Å²) < 4.78 is 10.7. The van der Waals surface area contributed by atoms with Gasteiger partial charge in [0.25, 0.3) is 5.91 Å². The minimum absolute atomic E-state index is 0.201. The largest absolute Gasteiger partial charge is 0.494 e. The molecule has 0 spiro atoms. The highest BCUT2D eigenvalue weighted by atomic mass is 32.1. The molecule has 30 heavy (non-hydrogen) atoms. The molecular weight excluding hydrogens is 398 g/mol. The van der Waals surface area contributed by atoms with Gasteiger partial charge in [-0.1, -0.05) is 54.1 Å². The lowest BCUT2D eigenvalue weighted by Crippen LogP contribution is -2.32. The molecular formula is C24H25NO4S. The monoisotopic (exact) mass is 423 g/mol. The average molecular weight is 424 g/mol. The first-order valence-electron chi connectivity index (χ1n) is 9.84. The summed E-state index contributed by atoms with van der Waals surface area (Å²) in [6, 6.07) is 21.1. The van der Waals surface area contributed by atoms with Gasteiger partial charge < -0.3 is 14.8 Å². The van der Waals surface area contributed by atoms with Gasteiger partial charge in [0.15, 0.2) is 6.61 Å². The van der Waals surface area contributed by atoms with Gasteiger partial charge in [-0.3, -0.25) is 9.59 Å². The first kappa shape index (κ1) is 21.6. The molecule has 0 aliphatic rings. The van der Waals surface area contributed by atoms with Crippen molar-refractivity contribution in [3.8, 4) is 5.75 Å². The van der Waals surface area contributed by atoms with Crippen molar-refractivity contribution in [2.75, 3.05) is 13.2 Å². The molecule has 6 heteroatoms. The zero-order valence-electron chi connectivity index (χ0n) is 16.9. The van der Waals surface area contributed by atoms with E-state index >= 15 is 0 Å². The molecule has 1 N–H and O–H groups in total. The fourth-order valence-electron chi connectivity index (χ4n) is 2.88. The average Bonchev–Trinajstić information content (AvgIpc) is 3.30. The number of carbonyl (C=O) groups excluding carboxylic acids is 2. The minimum Gasteiger partial charge on any atom is -0.494 e. The van der Waals surface area contributed by atoms with E-state index in [1.54, 1.807) is 11.3 Å². The van der Waals surface area contributed by atoms with Crippen molar-refractivity contribution in [3.63, 3.8) is 0 Å². The second kappa shape index (κ2) is 11.2. The number of carbonyl (C=O) groups is 2. The fourth-order valence-corrected chi connectivity index (χ4v) is 3.68. The molecule has 5 nitrogen and oxygen atoms in total. The molecule has 156 valence electrons. The predicted molar refractivity (Wildman–Crippen MR) is 118 cm³/mol. The van der Waals surface area contributed by atoms with Crippen LogP contribution in [0, 0.1) is 6.92 Å². The Bertz CT molecular complexity index is 924. The number of benzene rings is 2. The van der Waals surface area contributed by atoms with E-state index in [0.717, 1.165) is 21.8 Å². The van der Waals surface area contributed by atoms with Crippen molar-refractivity contribution in [1.29, 1.82) is 0 Å². The highest BCUT2D eigenvalue weighted by Gasteiger charge is 2.18. The lowest BCUT2D eigenvalue weighted by atomic mass is 10.1. The summed E-state index contributed by atoms with van der Waals surface area (Å²) >= 11 is 1.57. The first-order valence-corrected chi connectivity index (χ1v) is 10.7. The maximum absolute atomic E-state index is 12.4. The van der Waals surface area contributed by atoms with Gasteiger partial charge in [0.05, 0.1) is 12.6 Å². The number of nitrogens with one attached hydrogen (secondary N) is 1. The van der Waals surface area contributed by atoms with E-state index in [9.17, 15) is 9.59 Å². The van der Waals surface area contributed by atoms with E-state index in [2.05, 4.69) is 5.32 Å². The lowest BCUT2D eigenvalue weighted by Gasteiger charge is -2.18. The standard InChI is InChI=1S/C24H25NO4S/c1-18-11-13-20(14-12-18)28-15-5-10-23(27)29-17-22(26)25-24(21-9-6-16-30-21)19-7-3-2-4-8-19/h2-4,6-9,11-14,16,24H,5,10,15,17H2,1H3,(H,25,26)/t24-/m1/s1. The quantitative estimate of drug-likeness (QED) is 0.380. The van der Waals surface area contributed by atoms with Crippen molar-refractivity contribution in [2.24, 2.45) is 0 Å². The zero-order valence-corrected chi connectivity index (χ0v) is 17.7. The number of amides is 1. The third kappa shape index (κ3) is 6.74. The smallest absolute Gasteiger partial charge is 0.306 e. The number of thiophene rings is 1. The van der Waals surface area contributed by atoms with Crippen LogP contribution in [0.2, 0.25) is 0 Å². The van der Waals surface area contributed by atoms with Crippen LogP contribution in [0.1, 0.15) is 34.9 Å². The highest BCUT2D eigenvalue weighted by molar-refractivity contribution is 7.10. The Balaban J connectivity index is 1.40. The van der Waals surface area contributed by atoms with Crippen LogP contribution in [0.5, 0.6) is 5.75 Å². The Morgan fingerprint density at radius 1 is 1.00 bits per heavy atom. The molecule has 2 aromatic carbocycles. The molecule has 1 atom stereocenters. The Labute approximate surface area is 180 Å². The maximum Gasteiger partial charge on any atom is 0.306 e. The van der Waals surface area contributed by atoms with Gasteiger partial charge in [-0.15, -0.1) is 11.3 Å². The van der Waals surface area contributed by atoms with Gasteiger partial charge >= 0.3 is 5.97 Å². The first-order chi connectivity index (χ1) is 14.6. The Morgan fingerprint density at radius 2 is 1.77 bits per heavy atom. The van der Waals surface area contributed by atoms with E-state index in [0.29, 0.717) is 13.0 Å². The van der Waals surface area contributed by atoms with E-state index < -0.39 is 5.97 Å². The van der Waals surface area contributed by atoms with E-state index in [-0.39, 0.29) is 25.0 Å². The van der Waals surface area contributed by atoms with E-state index in [1.165, 1.54) is 0 Å². The van der Waals surface area contributed by atoms with Gasteiger partial charge in [-0.25, -0.2) is 0 Å². The molecule has 0 unspecified atom stereocenters. The maximum atomic E-state index is 12.4. The number of hydrogen-bond donors (Lipinski definition) is 1. The van der Waals surface area contributed by atoms with Gasteiger partial charge in [0.1, 0.15) is 5.75 Å². The second-order valence-electron chi connectivity index (χ2n) is 6.85. The van der Waals surface area contributed by atoms with E-state index in [1.807, 2.05) is 79.0 Å². The third-order valence-corrected chi connectivity index (χ3v) is 5.38. The highest BCUT2D eigenvalue weighted by Crippen LogP contribution is 2.25. The zero-order chi connectivity index (χ0) is 21.2. The summed E-state index contributed by atoms with van der Waals surface area (Å²) in [5.74, 6) is 0.0282. The predicted octanol–water partition coefficient (Wildman–Crippen LogP) is 4.66. The molecule has 0 saturated carbocycles. The Hall–Kier alpha value is -3.12. The fraction of sp³-hybridized carbons (Fsp3) is 0.250. The normalized spacial score (nSPS) is 11.5. The van der Waals surface area contributed by atoms with Gasteiger partial charge in [0, 0.05) is 11.3 Å². The van der Waals surface area contributed by atoms with Crippen LogP contribution in [-0.2, 0) is 14.3 Å². The summed E-state index contributed by atoms with van der Waals surface area (Å²) in [7, 11) is 0. The lowest BCUT2D eigenvalue weighted by molar-refractivity contribution is -0.148. The van der Waals surface area contributed by atoms with Crippen molar-refractivity contribution in [2.45, 2.75) is 25.8 Å². The van der Waals surface area contributed by atoms with Gasteiger partial charge in [-0.05, 0) is 42.5 Å². The topological polar surface area (TPSA) is 64.6 Å². The van der Waals surface area contributed by atoms with Gasteiger partial charge in [-0.2, -0.15) is 0 Å². The molecule has 0 saturated heterocycles. The van der Waals surface area contributed by atoms with Crippen LogP contribution in [0.25, 0.3) is 0 Å². The van der Waals surface area contributed by atoms with Crippen molar-refractivity contribution >= 4 is 23.2 Å². The van der Waals surface area contributed by atoms with Gasteiger partial charge in [0.2, 0.25) is 0 Å². The van der Waals surface area contributed by atoms with Crippen LogP contribution < -0.4 is 10.1 Å². The van der Waals surface area contributed by atoms with Crippen LogP contribution in [0.15, 0.2) is 72.1 Å².